The highest BCUT2D eigenvalue weighted by molar-refractivity contribution is 6.05. The Hall–Kier alpha value is -2.89. The van der Waals surface area contributed by atoms with Crippen LogP contribution in [0.2, 0.25) is 0 Å². The number of benzene rings is 1. The molecule has 130 valence electrons. The normalized spacial score (nSPS) is 13.6. The van der Waals surface area contributed by atoms with E-state index in [1.165, 1.54) is 13.3 Å². The minimum Gasteiger partial charge on any atom is -0.497 e. The van der Waals surface area contributed by atoms with Gasteiger partial charge in [-0.25, -0.2) is 0 Å². The lowest BCUT2D eigenvalue weighted by Gasteiger charge is -2.18. The Morgan fingerprint density at radius 1 is 1.20 bits per heavy atom. The molecule has 0 saturated carbocycles. The molecule has 0 spiro atoms. The highest BCUT2D eigenvalue weighted by atomic mass is 16.5. The molecule has 3 rings (SSSR count). The first kappa shape index (κ1) is 17.0. The zero-order valence-electron chi connectivity index (χ0n) is 14.4. The summed E-state index contributed by atoms with van der Waals surface area (Å²) in [5.74, 6) is 0.244. The minimum atomic E-state index is -0.340. The van der Waals surface area contributed by atoms with Crippen LogP contribution in [0.3, 0.4) is 0 Å². The van der Waals surface area contributed by atoms with Gasteiger partial charge in [0.25, 0.3) is 11.8 Å². The lowest BCUT2D eigenvalue weighted by Crippen LogP contribution is -2.28. The number of methoxy groups -OCH3 is 1. The molecule has 6 nitrogen and oxygen atoms in total. The fraction of sp³-hybridized carbons (Fsp3) is 0.316. The van der Waals surface area contributed by atoms with Gasteiger partial charge < -0.3 is 15.0 Å². The van der Waals surface area contributed by atoms with Crippen molar-refractivity contribution in [1.29, 1.82) is 0 Å². The molecule has 1 aromatic carbocycles. The average Bonchev–Trinajstić information content (AvgIpc) is 3.17. The van der Waals surface area contributed by atoms with Crippen LogP contribution in [0.25, 0.3) is 0 Å². The van der Waals surface area contributed by atoms with Crippen molar-refractivity contribution < 1.29 is 14.3 Å². The Labute approximate surface area is 146 Å². The Balaban J connectivity index is 1.81. The van der Waals surface area contributed by atoms with Gasteiger partial charge in [0.2, 0.25) is 0 Å². The number of hydrogen-bond acceptors (Lipinski definition) is 4. The van der Waals surface area contributed by atoms with Gasteiger partial charge >= 0.3 is 0 Å². The van der Waals surface area contributed by atoms with Gasteiger partial charge in [-0.05, 0) is 43.5 Å². The van der Waals surface area contributed by atoms with Crippen molar-refractivity contribution in [2.75, 3.05) is 25.5 Å². The highest BCUT2D eigenvalue weighted by Gasteiger charge is 2.22. The van der Waals surface area contributed by atoms with E-state index in [1.807, 2.05) is 11.8 Å². The largest absolute Gasteiger partial charge is 0.497 e. The summed E-state index contributed by atoms with van der Waals surface area (Å²) in [5, 5.41) is 2.84. The summed E-state index contributed by atoms with van der Waals surface area (Å²) in [7, 11) is 1.54. The van der Waals surface area contributed by atoms with Gasteiger partial charge in [-0.15, -0.1) is 0 Å². The van der Waals surface area contributed by atoms with Crippen LogP contribution in [0.1, 0.15) is 39.3 Å². The number of nitrogens with zero attached hydrogens (tertiary/aromatic N) is 2. The van der Waals surface area contributed by atoms with Crippen LogP contribution in [-0.2, 0) is 0 Å². The summed E-state index contributed by atoms with van der Waals surface area (Å²) in [5.41, 5.74) is 2.25. The smallest absolute Gasteiger partial charge is 0.274 e. The van der Waals surface area contributed by atoms with Crippen molar-refractivity contribution in [3.8, 4) is 5.75 Å². The Kier molecular flexibility index (Phi) is 4.97. The molecule has 0 bridgehead atoms. The van der Waals surface area contributed by atoms with E-state index in [0.717, 1.165) is 31.5 Å². The Bertz CT molecular complexity index is 798. The monoisotopic (exact) mass is 339 g/mol. The number of anilines is 1. The lowest BCUT2D eigenvalue weighted by molar-refractivity contribution is 0.0791. The number of aromatic nitrogens is 1. The maximum atomic E-state index is 12.6. The van der Waals surface area contributed by atoms with Crippen LogP contribution < -0.4 is 10.1 Å². The molecule has 2 amide bonds. The molecule has 0 atom stereocenters. The first-order valence-corrected chi connectivity index (χ1v) is 8.30. The van der Waals surface area contributed by atoms with E-state index in [1.54, 1.807) is 30.3 Å². The van der Waals surface area contributed by atoms with Gasteiger partial charge in [0.05, 0.1) is 7.11 Å². The quantitative estimate of drug-likeness (QED) is 0.930. The summed E-state index contributed by atoms with van der Waals surface area (Å²) >= 11 is 0. The summed E-state index contributed by atoms with van der Waals surface area (Å²) in [6, 6.07) is 8.62. The van der Waals surface area contributed by atoms with Gasteiger partial charge in [0.1, 0.15) is 11.4 Å². The molecule has 1 N–H and O–H groups in total. The molecule has 2 aromatic rings. The number of rotatable bonds is 4. The van der Waals surface area contributed by atoms with Gasteiger partial charge in [-0.3, -0.25) is 14.6 Å². The maximum Gasteiger partial charge on any atom is 0.274 e. The molecule has 0 radical (unpaired) electrons. The average molecular weight is 339 g/mol. The summed E-state index contributed by atoms with van der Waals surface area (Å²) in [6.45, 7) is 3.43. The standard InChI is InChI=1S/C19H21N3O3/c1-13-15(19(24)22-10-3-4-11-22)6-5-7-16(13)21-18(23)17-12-14(25-2)8-9-20-17/h5-9,12H,3-4,10-11H2,1-2H3,(H,21,23). The Morgan fingerprint density at radius 2 is 1.96 bits per heavy atom. The summed E-state index contributed by atoms with van der Waals surface area (Å²) < 4.78 is 5.12. The number of pyridine rings is 1. The van der Waals surface area contributed by atoms with Gasteiger partial charge in [-0.1, -0.05) is 6.07 Å². The topological polar surface area (TPSA) is 71.5 Å². The third-order valence-corrected chi connectivity index (χ3v) is 4.41. The van der Waals surface area contributed by atoms with Crippen LogP contribution >= 0.6 is 0 Å². The van der Waals surface area contributed by atoms with E-state index < -0.39 is 0 Å². The Morgan fingerprint density at radius 3 is 2.68 bits per heavy atom. The second-order valence-corrected chi connectivity index (χ2v) is 6.01. The van der Waals surface area contributed by atoms with E-state index in [9.17, 15) is 9.59 Å². The van der Waals surface area contributed by atoms with Crippen LogP contribution in [0, 0.1) is 6.92 Å². The van der Waals surface area contributed by atoms with Crippen molar-refractivity contribution in [3.63, 3.8) is 0 Å². The zero-order valence-corrected chi connectivity index (χ0v) is 14.4. The van der Waals surface area contributed by atoms with Gasteiger partial charge in [0, 0.05) is 36.6 Å². The molecule has 6 heteroatoms. The van der Waals surface area contributed by atoms with E-state index in [0.29, 0.717) is 17.0 Å². The van der Waals surface area contributed by atoms with E-state index in [4.69, 9.17) is 4.74 Å². The highest BCUT2D eigenvalue weighted by Crippen LogP contribution is 2.23. The molecular weight excluding hydrogens is 318 g/mol. The minimum absolute atomic E-state index is 0.0191. The molecule has 1 aliphatic rings. The van der Waals surface area contributed by atoms with E-state index in [-0.39, 0.29) is 17.5 Å². The van der Waals surface area contributed by atoms with Crippen LogP contribution in [-0.4, -0.2) is 41.9 Å². The van der Waals surface area contributed by atoms with Crippen molar-refractivity contribution in [3.05, 3.63) is 53.3 Å². The van der Waals surface area contributed by atoms with Crippen molar-refractivity contribution in [1.82, 2.24) is 9.88 Å². The third kappa shape index (κ3) is 3.63. The number of amides is 2. The number of carbonyl (C=O) groups excluding carboxylic acids is 2. The molecule has 25 heavy (non-hydrogen) atoms. The molecule has 1 aliphatic heterocycles. The predicted molar refractivity (Wildman–Crippen MR) is 95.1 cm³/mol. The van der Waals surface area contributed by atoms with Crippen LogP contribution in [0.5, 0.6) is 5.75 Å². The lowest BCUT2D eigenvalue weighted by atomic mass is 10.1. The van der Waals surface area contributed by atoms with Crippen molar-refractivity contribution in [2.45, 2.75) is 19.8 Å². The number of nitrogens with one attached hydrogen (secondary N) is 1. The molecule has 1 saturated heterocycles. The number of carbonyl (C=O) groups is 2. The summed E-state index contributed by atoms with van der Waals surface area (Å²) in [4.78, 5) is 31.0. The second-order valence-electron chi connectivity index (χ2n) is 6.01. The predicted octanol–water partition coefficient (Wildman–Crippen LogP) is 2.89. The van der Waals surface area contributed by atoms with Gasteiger partial charge in [-0.2, -0.15) is 0 Å². The molecule has 0 unspecified atom stereocenters. The number of hydrogen-bond donors (Lipinski definition) is 1. The SMILES string of the molecule is COc1ccnc(C(=O)Nc2cccc(C(=O)N3CCCC3)c2C)c1. The first-order chi connectivity index (χ1) is 12.1. The molecule has 1 fully saturated rings. The number of ether oxygens (including phenoxy) is 1. The van der Waals surface area contributed by atoms with Gasteiger partial charge in [0.15, 0.2) is 0 Å². The van der Waals surface area contributed by atoms with Crippen molar-refractivity contribution in [2.24, 2.45) is 0 Å². The maximum absolute atomic E-state index is 12.6. The van der Waals surface area contributed by atoms with E-state index >= 15 is 0 Å². The zero-order chi connectivity index (χ0) is 17.8. The van der Waals surface area contributed by atoms with E-state index in [2.05, 4.69) is 10.3 Å². The fourth-order valence-corrected chi connectivity index (χ4v) is 2.94. The number of likely N-dealkylation sites (tertiary alicyclic amines) is 1. The van der Waals surface area contributed by atoms with Crippen molar-refractivity contribution >= 4 is 17.5 Å². The first-order valence-electron chi connectivity index (χ1n) is 8.30. The van der Waals surface area contributed by atoms with Crippen LogP contribution in [0.15, 0.2) is 36.5 Å². The molecule has 0 aliphatic carbocycles. The third-order valence-electron chi connectivity index (χ3n) is 4.41. The molecular formula is C19H21N3O3. The summed E-state index contributed by atoms with van der Waals surface area (Å²) in [6.07, 6.45) is 3.61. The molecule has 2 heterocycles. The molecule has 1 aromatic heterocycles. The second kappa shape index (κ2) is 7.34. The fourth-order valence-electron chi connectivity index (χ4n) is 2.94. The van der Waals surface area contributed by atoms with Crippen LogP contribution in [0.4, 0.5) is 5.69 Å².